The van der Waals surface area contributed by atoms with Crippen LogP contribution in [-0.4, -0.2) is 41.6 Å². The Balaban J connectivity index is 1.88. The van der Waals surface area contributed by atoms with Gasteiger partial charge in [0, 0.05) is 13.1 Å². The van der Waals surface area contributed by atoms with Crippen LogP contribution >= 0.6 is 0 Å². The molecule has 0 bridgehead atoms. The first kappa shape index (κ1) is 17.3. The van der Waals surface area contributed by atoms with E-state index in [1.54, 1.807) is 4.90 Å². The average Bonchev–Trinajstić information content (AvgIpc) is 2.52. The fourth-order valence-corrected chi connectivity index (χ4v) is 2.69. The molecular formula is C18H25NO4. The molecule has 1 N–H and O–H groups in total. The number of piperidine rings is 1. The molecule has 1 aromatic carbocycles. The molecule has 23 heavy (non-hydrogen) atoms. The van der Waals surface area contributed by atoms with Crippen molar-refractivity contribution in [2.45, 2.75) is 39.0 Å². The third kappa shape index (κ3) is 4.71. The van der Waals surface area contributed by atoms with E-state index in [9.17, 15) is 9.59 Å². The second-order valence-corrected chi connectivity index (χ2v) is 7.08. The lowest BCUT2D eigenvalue weighted by Gasteiger charge is -2.30. The minimum atomic E-state index is -0.832. The lowest BCUT2D eigenvalue weighted by Crippen LogP contribution is -2.44. The summed E-state index contributed by atoms with van der Waals surface area (Å²) < 4.78 is 5.55. The molecule has 0 aromatic heterocycles. The van der Waals surface area contributed by atoms with Gasteiger partial charge >= 0.3 is 5.97 Å². The lowest BCUT2D eigenvalue weighted by atomic mass is 9.87. The van der Waals surface area contributed by atoms with Gasteiger partial charge in [-0.1, -0.05) is 32.9 Å². The first-order valence-corrected chi connectivity index (χ1v) is 8.01. The quantitative estimate of drug-likeness (QED) is 0.926. The zero-order chi connectivity index (χ0) is 17.0. The second-order valence-electron chi connectivity index (χ2n) is 7.08. The highest BCUT2D eigenvalue weighted by Crippen LogP contribution is 2.24. The van der Waals surface area contributed by atoms with E-state index in [2.05, 4.69) is 20.8 Å². The molecular weight excluding hydrogens is 294 g/mol. The molecule has 0 aliphatic carbocycles. The number of carboxylic acids is 1. The summed E-state index contributed by atoms with van der Waals surface area (Å²) in [6, 6.07) is 7.73. The molecule has 1 aliphatic heterocycles. The number of hydrogen-bond donors (Lipinski definition) is 1. The second kappa shape index (κ2) is 7.02. The van der Waals surface area contributed by atoms with E-state index in [1.165, 1.54) is 5.56 Å². The SMILES string of the molecule is CC(C)(C)c1ccc(OCC(=O)N2CCC[C@H](C(=O)O)C2)cc1. The number of amides is 1. The summed E-state index contributed by atoms with van der Waals surface area (Å²) in [6.07, 6.45) is 1.36. The van der Waals surface area contributed by atoms with E-state index >= 15 is 0 Å². The number of rotatable bonds is 4. The molecule has 1 atom stereocenters. The topological polar surface area (TPSA) is 66.8 Å². The Morgan fingerprint density at radius 3 is 2.48 bits per heavy atom. The smallest absolute Gasteiger partial charge is 0.308 e. The van der Waals surface area contributed by atoms with Crippen molar-refractivity contribution in [2.24, 2.45) is 5.92 Å². The Kier molecular flexibility index (Phi) is 5.29. The lowest BCUT2D eigenvalue weighted by molar-refractivity contribution is -0.146. The van der Waals surface area contributed by atoms with Gasteiger partial charge in [-0.05, 0) is 36.0 Å². The van der Waals surface area contributed by atoms with Crippen LogP contribution in [0.1, 0.15) is 39.2 Å². The number of hydrogen-bond acceptors (Lipinski definition) is 3. The number of ether oxygens (including phenoxy) is 1. The van der Waals surface area contributed by atoms with Crippen LogP contribution < -0.4 is 4.74 Å². The molecule has 0 spiro atoms. The Morgan fingerprint density at radius 2 is 1.91 bits per heavy atom. The van der Waals surface area contributed by atoms with Gasteiger partial charge < -0.3 is 14.7 Å². The normalized spacial score (nSPS) is 18.6. The van der Waals surface area contributed by atoms with Gasteiger partial charge in [-0.25, -0.2) is 0 Å². The van der Waals surface area contributed by atoms with Crippen LogP contribution in [0.3, 0.4) is 0 Å². The Hall–Kier alpha value is -2.04. The molecule has 1 aliphatic rings. The van der Waals surface area contributed by atoms with Crippen molar-refractivity contribution in [2.75, 3.05) is 19.7 Å². The van der Waals surface area contributed by atoms with Crippen molar-refractivity contribution in [1.82, 2.24) is 4.90 Å². The van der Waals surface area contributed by atoms with Crippen molar-refractivity contribution in [3.8, 4) is 5.75 Å². The summed E-state index contributed by atoms with van der Waals surface area (Å²) in [5, 5.41) is 9.07. The van der Waals surface area contributed by atoms with Crippen molar-refractivity contribution in [1.29, 1.82) is 0 Å². The molecule has 2 rings (SSSR count). The third-order valence-corrected chi connectivity index (χ3v) is 4.21. The average molecular weight is 319 g/mol. The minimum Gasteiger partial charge on any atom is -0.484 e. The number of nitrogens with zero attached hydrogens (tertiary/aromatic N) is 1. The standard InChI is InChI=1S/C18H25NO4/c1-18(2,3)14-6-8-15(9-7-14)23-12-16(20)19-10-4-5-13(11-19)17(21)22/h6-9,13H,4-5,10-12H2,1-3H3,(H,21,22)/t13-/m0/s1. The van der Waals surface area contributed by atoms with Crippen LogP contribution in [0.15, 0.2) is 24.3 Å². The fraction of sp³-hybridized carbons (Fsp3) is 0.556. The van der Waals surface area contributed by atoms with Crippen LogP contribution in [0, 0.1) is 5.92 Å². The first-order chi connectivity index (χ1) is 10.8. The number of carbonyl (C=O) groups excluding carboxylic acids is 1. The van der Waals surface area contributed by atoms with E-state index in [-0.39, 0.29) is 24.5 Å². The summed E-state index contributed by atoms with van der Waals surface area (Å²) in [5.74, 6) is -0.797. The highest BCUT2D eigenvalue weighted by molar-refractivity contribution is 5.79. The van der Waals surface area contributed by atoms with E-state index in [0.717, 1.165) is 6.42 Å². The van der Waals surface area contributed by atoms with E-state index in [4.69, 9.17) is 9.84 Å². The van der Waals surface area contributed by atoms with Gasteiger partial charge in [0.2, 0.25) is 0 Å². The molecule has 1 saturated heterocycles. The van der Waals surface area contributed by atoms with E-state index in [1.807, 2.05) is 24.3 Å². The molecule has 0 unspecified atom stereocenters. The number of carboxylic acid groups (broad SMARTS) is 1. The maximum atomic E-state index is 12.2. The van der Waals surface area contributed by atoms with Crippen LogP contribution in [-0.2, 0) is 15.0 Å². The molecule has 5 heteroatoms. The molecule has 0 radical (unpaired) electrons. The van der Waals surface area contributed by atoms with Gasteiger partial charge in [0.1, 0.15) is 5.75 Å². The molecule has 126 valence electrons. The van der Waals surface area contributed by atoms with Crippen molar-refractivity contribution in [3.63, 3.8) is 0 Å². The predicted molar refractivity (Wildman–Crippen MR) is 87.6 cm³/mol. The minimum absolute atomic E-state index is 0.0544. The highest BCUT2D eigenvalue weighted by atomic mass is 16.5. The van der Waals surface area contributed by atoms with Crippen molar-refractivity contribution >= 4 is 11.9 Å². The summed E-state index contributed by atoms with van der Waals surface area (Å²) in [6.45, 7) is 7.25. The van der Waals surface area contributed by atoms with Gasteiger partial charge in [0.25, 0.3) is 5.91 Å². The van der Waals surface area contributed by atoms with Gasteiger partial charge in [0.05, 0.1) is 5.92 Å². The Bertz CT molecular complexity index is 559. The molecule has 0 saturated carbocycles. The molecule has 1 heterocycles. The zero-order valence-electron chi connectivity index (χ0n) is 14.0. The van der Waals surface area contributed by atoms with Crippen LogP contribution in [0.4, 0.5) is 0 Å². The van der Waals surface area contributed by atoms with Gasteiger partial charge in [-0.15, -0.1) is 0 Å². The zero-order valence-corrected chi connectivity index (χ0v) is 14.0. The number of likely N-dealkylation sites (tertiary alicyclic amines) is 1. The number of aliphatic carboxylic acids is 1. The summed E-state index contributed by atoms with van der Waals surface area (Å²) in [4.78, 5) is 24.8. The number of carbonyl (C=O) groups is 2. The van der Waals surface area contributed by atoms with Crippen LogP contribution in [0.25, 0.3) is 0 Å². The van der Waals surface area contributed by atoms with E-state index in [0.29, 0.717) is 18.7 Å². The highest BCUT2D eigenvalue weighted by Gasteiger charge is 2.28. The van der Waals surface area contributed by atoms with E-state index < -0.39 is 11.9 Å². The molecule has 1 fully saturated rings. The molecule has 1 amide bonds. The van der Waals surface area contributed by atoms with Gasteiger partial charge in [-0.3, -0.25) is 9.59 Å². The van der Waals surface area contributed by atoms with Crippen LogP contribution in [0.2, 0.25) is 0 Å². The largest absolute Gasteiger partial charge is 0.484 e. The van der Waals surface area contributed by atoms with Crippen molar-refractivity contribution in [3.05, 3.63) is 29.8 Å². The van der Waals surface area contributed by atoms with Crippen LogP contribution in [0.5, 0.6) is 5.75 Å². The first-order valence-electron chi connectivity index (χ1n) is 8.01. The third-order valence-electron chi connectivity index (χ3n) is 4.21. The Morgan fingerprint density at radius 1 is 1.26 bits per heavy atom. The monoisotopic (exact) mass is 319 g/mol. The molecule has 1 aromatic rings. The van der Waals surface area contributed by atoms with Crippen molar-refractivity contribution < 1.29 is 19.4 Å². The Labute approximate surface area is 137 Å². The summed E-state index contributed by atoms with van der Waals surface area (Å²) in [7, 11) is 0. The van der Waals surface area contributed by atoms with Gasteiger partial charge in [0.15, 0.2) is 6.61 Å². The predicted octanol–water partition coefficient (Wildman–Crippen LogP) is 2.69. The number of benzene rings is 1. The maximum absolute atomic E-state index is 12.2. The summed E-state index contributed by atoms with van der Waals surface area (Å²) in [5.41, 5.74) is 1.28. The fourth-order valence-electron chi connectivity index (χ4n) is 2.69. The maximum Gasteiger partial charge on any atom is 0.308 e. The van der Waals surface area contributed by atoms with Gasteiger partial charge in [-0.2, -0.15) is 0 Å². The molecule has 5 nitrogen and oxygen atoms in total. The summed E-state index contributed by atoms with van der Waals surface area (Å²) >= 11 is 0.